The lowest BCUT2D eigenvalue weighted by Crippen LogP contribution is -2.13. The molecule has 0 bridgehead atoms. The van der Waals surface area contributed by atoms with Crippen LogP contribution in [-0.4, -0.2) is 24.0 Å². The number of benzene rings is 2. The van der Waals surface area contributed by atoms with Gasteiger partial charge < -0.3 is 4.74 Å². The average molecular weight is 363 g/mol. The molecule has 3 rings (SSSR count). The highest BCUT2D eigenvalue weighted by molar-refractivity contribution is 7.90. The highest BCUT2D eigenvalue weighted by atomic mass is 35.5. The fourth-order valence-corrected chi connectivity index (χ4v) is 3.86. The summed E-state index contributed by atoms with van der Waals surface area (Å²) in [7, 11) is -3.73. The molecule has 0 spiro atoms. The first-order valence-corrected chi connectivity index (χ1v) is 9.12. The molecule has 0 saturated heterocycles. The minimum atomic E-state index is -3.73. The Morgan fingerprint density at radius 3 is 2.58 bits per heavy atom. The third-order valence-corrected chi connectivity index (χ3v) is 5.37. The zero-order valence-corrected chi connectivity index (χ0v) is 14.5. The highest BCUT2D eigenvalue weighted by Gasteiger charge is 2.21. The maximum Gasteiger partial charge on any atom is 0.269 e. The molecule has 7 heteroatoms. The van der Waals surface area contributed by atoms with Crippen LogP contribution >= 0.6 is 11.6 Å². The summed E-state index contributed by atoms with van der Waals surface area (Å²) in [5, 5.41) is 0.404. The summed E-state index contributed by atoms with van der Waals surface area (Å²) in [5.74, 6) is 0.843. The van der Waals surface area contributed by atoms with E-state index in [1.54, 1.807) is 48.5 Å². The van der Waals surface area contributed by atoms with Gasteiger partial charge in [-0.15, -0.1) is 0 Å². The molecule has 0 aliphatic heterocycles. The van der Waals surface area contributed by atoms with Crippen molar-refractivity contribution in [1.29, 1.82) is 0 Å². The maximum atomic E-state index is 12.8. The molecule has 1 heterocycles. The maximum absolute atomic E-state index is 12.8. The quantitative estimate of drug-likeness (QED) is 0.691. The predicted octanol–water partition coefficient (Wildman–Crippen LogP) is 3.84. The Kier molecular flexibility index (Phi) is 4.59. The van der Waals surface area contributed by atoms with Crippen LogP contribution in [0.3, 0.4) is 0 Å². The minimum Gasteiger partial charge on any atom is -0.492 e. The molecule has 0 amide bonds. The lowest BCUT2D eigenvalue weighted by atomic mass is 10.2. The zero-order valence-electron chi connectivity index (χ0n) is 12.9. The molecule has 0 aliphatic carbocycles. The van der Waals surface area contributed by atoms with Gasteiger partial charge in [-0.2, -0.15) is 0 Å². The van der Waals surface area contributed by atoms with E-state index >= 15 is 0 Å². The van der Waals surface area contributed by atoms with Crippen LogP contribution in [-0.2, 0) is 10.0 Å². The fourth-order valence-electron chi connectivity index (χ4n) is 2.31. The van der Waals surface area contributed by atoms with E-state index in [0.717, 1.165) is 3.97 Å². The molecule has 0 fully saturated rings. The molecule has 0 N–H and O–H groups in total. The molecule has 0 unspecified atom stereocenters. The number of rotatable bonds is 5. The Bertz CT molecular complexity index is 953. The summed E-state index contributed by atoms with van der Waals surface area (Å²) in [6.07, 6.45) is 2.86. The van der Waals surface area contributed by atoms with Crippen molar-refractivity contribution in [3.05, 3.63) is 65.9 Å². The number of ether oxygens (including phenoxy) is 1. The molecule has 0 radical (unpaired) electrons. The molecule has 0 atom stereocenters. The number of hydrogen-bond donors (Lipinski definition) is 0. The van der Waals surface area contributed by atoms with Crippen molar-refractivity contribution in [1.82, 2.24) is 8.96 Å². The van der Waals surface area contributed by atoms with Crippen LogP contribution in [0, 0.1) is 0 Å². The van der Waals surface area contributed by atoms with Gasteiger partial charge in [-0.05, 0) is 37.3 Å². The van der Waals surface area contributed by atoms with Crippen LogP contribution in [0.5, 0.6) is 5.75 Å². The summed E-state index contributed by atoms with van der Waals surface area (Å²) in [4.78, 5) is 4.37. The first-order chi connectivity index (χ1) is 11.5. The molecule has 2 aromatic carbocycles. The van der Waals surface area contributed by atoms with Crippen molar-refractivity contribution in [2.45, 2.75) is 11.8 Å². The van der Waals surface area contributed by atoms with Gasteiger partial charge in [0.15, 0.2) is 5.82 Å². The van der Waals surface area contributed by atoms with Crippen LogP contribution in [0.4, 0.5) is 0 Å². The van der Waals surface area contributed by atoms with E-state index in [-0.39, 0.29) is 4.90 Å². The third kappa shape index (κ3) is 3.02. The highest BCUT2D eigenvalue weighted by Crippen LogP contribution is 2.31. The van der Waals surface area contributed by atoms with Crippen molar-refractivity contribution in [2.24, 2.45) is 0 Å². The Morgan fingerprint density at radius 2 is 1.92 bits per heavy atom. The van der Waals surface area contributed by atoms with Crippen LogP contribution in [0.15, 0.2) is 65.8 Å². The molecular weight excluding hydrogens is 348 g/mol. The number of imidazole rings is 1. The van der Waals surface area contributed by atoms with Crippen molar-refractivity contribution in [3.63, 3.8) is 0 Å². The van der Waals surface area contributed by atoms with Crippen molar-refractivity contribution >= 4 is 21.6 Å². The molecular formula is C17H15ClN2O3S. The van der Waals surface area contributed by atoms with Gasteiger partial charge in [-0.25, -0.2) is 17.4 Å². The van der Waals surface area contributed by atoms with Gasteiger partial charge in [-0.3, -0.25) is 0 Å². The largest absolute Gasteiger partial charge is 0.492 e. The summed E-state index contributed by atoms with van der Waals surface area (Å²) >= 11 is 6.20. The number of halogens is 1. The smallest absolute Gasteiger partial charge is 0.269 e. The Hall–Kier alpha value is -2.31. The van der Waals surface area contributed by atoms with Gasteiger partial charge in [-0.1, -0.05) is 29.8 Å². The molecule has 3 aromatic rings. The van der Waals surface area contributed by atoms with Crippen LogP contribution in [0.2, 0.25) is 5.02 Å². The first kappa shape index (κ1) is 16.5. The zero-order chi connectivity index (χ0) is 17.2. The Balaban J connectivity index is 2.07. The normalized spacial score (nSPS) is 11.4. The average Bonchev–Trinajstić information content (AvgIpc) is 3.08. The molecule has 0 aliphatic rings. The van der Waals surface area contributed by atoms with E-state index in [9.17, 15) is 8.42 Å². The Morgan fingerprint density at radius 1 is 1.17 bits per heavy atom. The van der Waals surface area contributed by atoms with Crippen LogP contribution in [0.25, 0.3) is 11.4 Å². The third-order valence-electron chi connectivity index (χ3n) is 3.40. The molecule has 5 nitrogen and oxygen atoms in total. The lowest BCUT2D eigenvalue weighted by molar-refractivity contribution is 0.340. The summed E-state index contributed by atoms with van der Waals surface area (Å²) in [6.45, 7) is 2.36. The summed E-state index contributed by atoms with van der Waals surface area (Å²) in [5.41, 5.74) is 0.591. The van der Waals surface area contributed by atoms with Gasteiger partial charge >= 0.3 is 0 Å². The lowest BCUT2D eigenvalue weighted by Gasteiger charge is -2.11. The second-order valence-corrected chi connectivity index (χ2v) is 7.17. The molecule has 124 valence electrons. The number of aromatic nitrogens is 2. The molecule has 1 aromatic heterocycles. The fraction of sp³-hybridized carbons (Fsp3) is 0.118. The number of hydrogen-bond acceptors (Lipinski definition) is 4. The predicted molar refractivity (Wildman–Crippen MR) is 92.9 cm³/mol. The summed E-state index contributed by atoms with van der Waals surface area (Å²) < 4.78 is 32.2. The van der Waals surface area contributed by atoms with Crippen molar-refractivity contribution < 1.29 is 13.2 Å². The minimum absolute atomic E-state index is 0.196. The van der Waals surface area contributed by atoms with E-state index in [2.05, 4.69) is 4.98 Å². The van der Waals surface area contributed by atoms with Crippen molar-refractivity contribution in [2.75, 3.05) is 6.61 Å². The van der Waals surface area contributed by atoms with Crippen LogP contribution < -0.4 is 4.74 Å². The van der Waals surface area contributed by atoms with Crippen LogP contribution in [0.1, 0.15) is 6.92 Å². The van der Waals surface area contributed by atoms with Gasteiger partial charge in [0, 0.05) is 18.0 Å². The monoisotopic (exact) mass is 362 g/mol. The van der Waals surface area contributed by atoms with E-state index in [4.69, 9.17) is 16.3 Å². The van der Waals surface area contributed by atoms with Gasteiger partial charge in [0.1, 0.15) is 5.75 Å². The summed E-state index contributed by atoms with van der Waals surface area (Å²) in [6, 6.07) is 13.3. The van der Waals surface area contributed by atoms with Crippen molar-refractivity contribution in [3.8, 4) is 17.1 Å². The van der Waals surface area contributed by atoms with E-state index in [1.807, 2.05) is 6.92 Å². The van der Waals surface area contributed by atoms with E-state index in [1.165, 1.54) is 12.4 Å². The van der Waals surface area contributed by atoms with Gasteiger partial charge in [0.05, 0.1) is 16.5 Å². The SMILES string of the molecule is CCOc1ccc(-c2nccn2S(=O)(=O)c2ccccc2)cc1Cl. The Labute approximate surface area is 145 Å². The molecule has 0 saturated carbocycles. The standard InChI is InChI=1S/C17H15ClN2O3S/c1-2-23-16-9-8-13(12-15(16)18)17-19-10-11-20(17)24(21,22)14-6-4-3-5-7-14/h3-12H,2H2,1H3. The second-order valence-electron chi connectivity index (χ2n) is 4.94. The number of nitrogens with zero attached hydrogens (tertiary/aromatic N) is 2. The van der Waals surface area contributed by atoms with Gasteiger partial charge in [0.2, 0.25) is 0 Å². The van der Waals surface area contributed by atoms with E-state index in [0.29, 0.717) is 28.8 Å². The van der Waals surface area contributed by atoms with Gasteiger partial charge in [0.25, 0.3) is 10.0 Å². The topological polar surface area (TPSA) is 61.2 Å². The van der Waals surface area contributed by atoms with E-state index < -0.39 is 10.0 Å². The molecule has 24 heavy (non-hydrogen) atoms. The second kappa shape index (κ2) is 6.67. The first-order valence-electron chi connectivity index (χ1n) is 7.30.